The van der Waals surface area contributed by atoms with Crippen molar-refractivity contribution in [3.63, 3.8) is 0 Å². The van der Waals surface area contributed by atoms with Crippen molar-refractivity contribution in [2.24, 2.45) is 0 Å². The molecule has 2 aromatic rings. The van der Waals surface area contributed by atoms with Crippen LogP contribution in [0.5, 0.6) is 0 Å². The van der Waals surface area contributed by atoms with Gasteiger partial charge in [-0.15, -0.1) is 0 Å². The number of fused-ring (bicyclic) bond motifs is 1. The van der Waals surface area contributed by atoms with E-state index in [4.69, 9.17) is 17.3 Å². The van der Waals surface area contributed by atoms with Crippen LogP contribution in [0.4, 0.5) is 11.4 Å². The molecule has 5 heteroatoms. The van der Waals surface area contributed by atoms with E-state index in [1.807, 2.05) is 30.3 Å². The summed E-state index contributed by atoms with van der Waals surface area (Å²) >= 11 is 9.61. The maximum absolute atomic E-state index is 12.8. The van der Waals surface area contributed by atoms with E-state index in [1.165, 1.54) is 0 Å². The number of nitrogens with two attached hydrogens (primary N) is 1. The minimum absolute atomic E-state index is 0.0768. The monoisotopic (exact) mass is 364 g/mol. The number of anilines is 2. The highest BCUT2D eigenvalue weighted by Crippen LogP contribution is 2.33. The summed E-state index contributed by atoms with van der Waals surface area (Å²) in [6.45, 7) is 0.693. The normalized spacial score (nSPS) is 13.9. The van der Waals surface area contributed by atoms with Gasteiger partial charge in [-0.25, -0.2) is 0 Å². The molecule has 1 aliphatic rings. The second kappa shape index (κ2) is 5.70. The molecule has 0 saturated carbocycles. The van der Waals surface area contributed by atoms with Crippen LogP contribution >= 0.6 is 27.5 Å². The van der Waals surface area contributed by atoms with Crippen molar-refractivity contribution in [3.8, 4) is 0 Å². The first-order valence-electron chi connectivity index (χ1n) is 6.72. The molecule has 0 aliphatic carbocycles. The quantitative estimate of drug-likeness (QED) is 0.767. The predicted molar refractivity (Wildman–Crippen MR) is 90.0 cm³/mol. The van der Waals surface area contributed by atoms with Gasteiger partial charge in [0.25, 0.3) is 5.91 Å². The lowest BCUT2D eigenvalue weighted by atomic mass is 10.00. The summed E-state index contributed by atoms with van der Waals surface area (Å²) in [6, 6.07) is 11.1. The Morgan fingerprint density at radius 3 is 2.90 bits per heavy atom. The lowest BCUT2D eigenvalue weighted by Crippen LogP contribution is -2.35. The summed E-state index contributed by atoms with van der Waals surface area (Å²) in [4.78, 5) is 14.6. The van der Waals surface area contributed by atoms with E-state index in [-0.39, 0.29) is 5.91 Å². The van der Waals surface area contributed by atoms with Gasteiger partial charge in [-0.05, 0) is 64.7 Å². The molecule has 2 aromatic carbocycles. The number of carbonyl (C=O) groups is 1. The first-order chi connectivity index (χ1) is 10.1. The van der Waals surface area contributed by atoms with Crippen LogP contribution in [0.1, 0.15) is 22.3 Å². The Balaban J connectivity index is 2.02. The number of carbonyl (C=O) groups excluding carboxylic acids is 1. The molecule has 3 rings (SSSR count). The maximum atomic E-state index is 12.8. The summed E-state index contributed by atoms with van der Waals surface area (Å²) in [5.74, 6) is -0.0768. The summed E-state index contributed by atoms with van der Waals surface area (Å²) in [7, 11) is 0. The van der Waals surface area contributed by atoms with E-state index in [0.717, 1.165) is 34.3 Å². The molecule has 21 heavy (non-hydrogen) atoms. The number of halogens is 2. The Morgan fingerprint density at radius 2 is 2.10 bits per heavy atom. The highest BCUT2D eigenvalue weighted by molar-refractivity contribution is 9.10. The Labute approximate surface area is 136 Å². The minimum Gasteiger partial charge on any atom is -0.399 e. The van der Waals surface area contributed by atoms with Crippen LogP contribution in [0.3, 0.4) is 0 Å². The fourth-order valence-electron chi connectivity index (χ4n) is 2.64. The van der Waals surface area contributed by atoms with Crippen LogP contribution in [0.15, 0.2) is 40.9 Å². The molecule has 0 saturated heterocycles. The highest BCUT2D eigenvalue weighted by Gasteiger charge is 2.25. The van der Waals surface area contributed by atoms with Crippen molar-refractivity contribution >= 4 is 44.8 Å². The van der Waals surface area contributed by atoms with E-state index in [1.54, 1.807) is 11.0 Å². The Kier molecular flexibility index (Phi) is 3.91. The molecule has 0 bridgehead atoms. The number of aryl methyl sites for hydroxylation is 1. The summed E-state index contributed by atoms with van der Waals surface area (Å²) in [6.07, 6.45) is 1.87. The number of amides is 1. The molecule has 2 N–H and O–H groups in total. The molecule has 1 aliphatic heterocycles. The standard InChI is InChI=1S/C16H14BrClN2O/c17-13-5-1-4-12(15(13)18)16(21)20-8-2-3-10-9-11(19)6-7-14(10)20/h1,4-7,9H,2-3,8,19H2. The van der Waals surface area contributed by atoms with E-state index in [0.29, 0.717) is 17.1 Å². The predicted octanol–water partition coefficient (Wildman–Crippen LogP) is 4.28. The topological polar surface area (TPSA) is 46.3 Å². The van der Waals surface area contributed by atoms with Gasteiger partial charge >= 0.3 is 0 Å². The molecule has 0 radical (unpaired) electrons. The van der Waals surface area contributed by atoms with Crippen LogP contribution in [0.2, 0.25) is 5.02 Å². The van der Waals surface area contributed by atoms with Gasteiger partial charge in [0.05, 0.1) is 10.6 Å². The molecule has 0 spiro atoms. The van der Waals surface area contributed by atoms with E-state index >= 15 is 0 Å². The van der Waals surface area contributed by atoms with Gasteiger partial charge in [0.2, 0.25) is 0 Å². The number of hydrogen-bond donors (Lipinski definition) is 1. The summed E-state index contributed by atoms with van der Waals surface area (Å²) < 4.78 is 0.726. The van der Waals surface area contributed by atoms with Gasteiger partial charge < -0.3 is 10.6 Å². The SMILES string of the molecule is Nc1ccc2c(c1)CCCN2C(=O)c1cccc(Br)c1Cl. The average molecular weight is 366 g/mol. The number of nitrogens with zero attached hydrogens (tertiary/aromatic N) is 1. The van der Waals surface area contributed by atoms with E-state index < -0.39 is 0 Å². The van der Waals surface area contributed by atoms with Gasteiger partial charge in [-0.3, -0.25) is 4.79 Å². The van der Waals surface area contributed by atoms with Gasteiger partial charge in [0, 0.05) is 22.4 Å². The number of rotatable bonds is 1. The zero-order valence-electron chi connectivity index (χ0n) is 11.3. The molecule has 0 atom stereocenters. The second-order valence-electron chi connectivity index (χ2n) is 5.05. The van der Waals surface area contributed by atoms with Gasteiger partial charge in [0.15, 0.2) is 0 Å². The smallest absolute Gasteiger partial charge is 0.259 e. The van der Waals surface area contributed by atoms with Crippen molar-refractivity contribution in [1.29, 1.82) is 0 Å². The summed E-state index contributed by atoms with van der Waals surface area (Å²) in [5, 5.41) is 0.449. The second-order valence-corrected chi connectivity index (χ2v) is 6.28. The van der Waals surface area contributed by atoms with Crippen molar-refractivity contribution in [2.45, 2.75) is 12.8 Å². The molecule has 0 fully saturated rings. The molecular formula is C16H14BrClN2O. The van der Waals surface area contributed by atoms with Gasteiger partial charge in [-0.2, -0.15) is 0 Å². The maximum Gasteiger partial charge on any atom is 0.259 e. The zero-order chi connectivity index (χ0) is 15.0. The zero-order valence-corrected chi connectivity index (χ0v) is 13.6. The van der Waals surface area contributed by atoms with E-state index in [9.17, 15) is 4.79 Å². The molecule has 0 aromatic heterocycles. The van der Waals surface area contributed by atoms with Crippen molar-refractivity contribution in [1.82, 2.24) is 0 Å². The molecule has 1 amide bonds. The van der Waals surface area contributed by atoms with Crippen LogP contribution in [0, 0.1) is 0 Å². The van der Waals surface area contributed by atoms with Crippen molar-refractivity contribution in [2.75, 3.05) is 17.2 Å². The summed E-state index contributed by atoms with van der Waals surface area (Å²) in [5.41, 5.74) is 9.10. The first-order valence-corrected chi connectivity index (χ1v) is 7.89. The highest BCUT2D eigenvalue weighted by atomic mass is 79.9. The van der Waals surface area contributed by atoms with Crippen molar-refractivity contribution in [3.05, 3.63) is 57.0 Å². The van der Waals surface area contributed by atoms with Gasteiger partial charge in [-0.1, -0.05) is 17.7 Å². The number of nitrogen functional groups attached to an aromatic ring is 1. The van der Waals surface area contributed by atoms with Gasteiger partial charge in [0.1, 0.15) is 0 Å². The van der Waals surface area contributed by atoms with Crippen molar-refractivity contribution < 1.29 is 4.79 Å². The lowest BCUT2D eigenvalue weighted by Gasteiger charge is -2.30. The van der Waals surface area contributed by atoms with Crippen LogP contribution in [-0.2, 0) is 6.42 Å². The third-order valence-corrected chi connectivity index (χ3v) is 4.95. The minimum atomic E-state index is -0.0768. The molecule has 3 nitrogen and oxygen atoms in total. The van der Waals surface area contributed by atoms with Crippen LogP contribution in [-0.4, -0.2) is 12.5 Å². The Bertz CT molecular complexity index is 717. The fraction of sp³-hybridized carbons (Fsp3) is 0.188. The Morgan fingerprint density at radius 1 is 1.29 bits per heavy atom. The first kappa shape index (κ1) is 14.4. The van der Waals surface area contributed by atoms with E-state index in [2.05, 4.69) is 15.9 Å². The molecule has 0 unspecified atom stereocenters. The number of benzene rings is 2. The fourth-order valence-corrected chi connectivity index (χ4v) is 3.22. The molecule has 108 valence electrons. The average Bonchev–Trinajstić information content (AvgIpc) is 2.48. The lowest BCUT2D eigenvalue weighted by molar-refractivity contribution is 0.0985. The molecular weight excluding hydrogens is 352 g/mol. The van der Waals surface area contributed by atoms with Crippen LogP contribution in [0.25, 0.3) is 0 Å². The third kappa shape index (κ3) is 2.65. The molecule has 1 heterocycles. The van der Waals surface area contributed by atoms with Crippen LogP contribution < -0.4 is 10.6 Å². The third-order valence-electron chi connectivity index (χ3n) is 3.65. The number of hydrogen-bond acceptors (Lipinski definition) is 2. The largest absolute Gasteiger partial charge is 0.399 e. The Hall–Kier alpha value is -1.52.